The van der Waals surface area contributed by atoms with Gasteiger partial charge in [-0.15, -0.1) is 0 Å². The van der Waals surface area contributed by atoms with E-state index >= 15 is 0 Å². The molecule has 2 heteroatoms. The molecule has 0 aromatic heterocycles. The van der Waals surface area contributed by atoms with Crippen molar-refractivity contribution in [3.8, 4) is 0 Å². The molecule has 0 radical (unpaired) electrons. The number of amides is 1. The molecule has 1 saturated heterocycles. The summed E-state index contributed by atoms with van der Waals surface area (Å²) in [5, 5.41) is 0. The summed E-state index contributed by atoms with van der Waals surface area (Å²) in [6.07, 6.45) is 1.15. The monoisotopic (exact) mass is 273 g/mol. The first kappa shape index (κ1) is 15.1. The topological polar surface area (TPSA) is 20.3 Å². The van der Waals surface area contributed by atoms with Crippen molar-refractivity contribution in [3.05, 3.63) is 35.4 Å². The maximum absolute atomic E-state index is 12.9. The smallest absolute Gasteiger partial charge is 0.254 e. The summed E-state index contributed by atoms with van der Waals surface area (Å²) in [5.74, 6) is 2.01. The van der Waals surface area contributed by atoms with E-state index < -0.39 is 0 Å². The summed E-state index contributed by atoms with van der Waals surface area (Å²) < 4.78 is 0. The van der Waals surface area contributed by atoms with Gasteiger partial charge in [-0.2, -0.15) is 0 Å². The molecule has 1 aromatic carbocycles. The summed E-state index contributed by atoms with van der Waals surface area (Å²) >= 11 is 0. The number of likely N-dealkylation sites (tertiary alicyclic amines) is 1. The summed E-state index contributed by atoms with van der Waals surface area (Å²) in [6.45, 7) is 11.9. The Labute approximate surface area is 123 Å². The van der Waals surface area contributed by atoms with E-state index in [1.807, 2.05) is 31.2 Å². The molecule has 0 unspecified atom stereocenters. The first-order chi connectivity index (χ1) is 9.41. The lowest BCUT2D eigenvalue weighted by Crippen LogP contribution is -2.39. The van der Waals surface area contributed by atoms with Gasteiger partial charge in [-0.25, -0.2) is 0 Å². The van der Waals surface area contributed by atoms with Crippen LogP contribution in [0.3, 0.4) is 0 Å². The standard InChI is InChI=1S/C18H27NO/c1-12(2)15-10-17(13(3)4)19(11-15)18(20)16-9-7-6-8-14(16)5/h6-9,12-13,15,17H,10-11H2,1-5H3/t15-,17-/m0/s1. The SMILES string of the molecule is Cc1ccccc1C(=O)N1C[C@@H](C(C)C)C[C@H]1C(C)C. The van der Waals surface area contributed by atoms with E-state index in [1.165, 1.54) is 0 Å². The van der Waals surface area contributed by atoms with E-state index in [9.17, 15) is 4.79 Å². The third kappa shape index (κ3) is 2.89. The first-order valence-electron chi connectivity index (χ1n) is 7.78. The molecule has 1 aromatic rings. The van der Waals surface area contributed by atoms with Crippen LogP contribution in [0.4, 0.5) is 0 Å². The van der Waals surface area contributed by atoms with E-state index in [4.69, 9.17) is 0 Å². The van der Waals surface area contributed by atoms with Crippen molar-refractivity contribution in [1.29, 1.82) is 0 Å². The Morgan fingerprint density at radius 1 is 1.15 bits per heavy atom. The zero-order valence-electron chi connectivity index (χ0n) is 13.4. The first-order valence-corrected chi connectivity index (χ1v) is 7.78. The van der Waals surface area contributed by atoms with Crippen LogP contribution in [0.2, 0.25) is 0 Å². The van der Waals surface area contributed by atoms with Crippen molar-refractivity contribution in [1.82, 2.24) is 4.90 Å². The maximum Gasteiger partial charge on any atom is 0.254 e. The highest BCUT2D eigenvalue weighted by atomic mass is 16.2. The van der Waals surface area contributed by atoms with E-state index in [2.05, 4.69) is 32.6 Å². The molecule has 0 N–H and O–H groups in total. The Morgan fingerprint density at radius 3 is 2.35 bits per heavy atom. The molecule has 1 fully saturated rings. The van der Waals surface area contributed by atoms with Crippen molar-refractivity contribution in [2.24, 2.45) is 17.8 Å². The van der Waals surface area contributed by atoms with Crippen molar-refractivity contribution in [2.45, 2.75) is 47.1 Å². The van der Waals surface area contributed by atoms with Gasteiger partial charge in [0.25, 0.3) is 5.91 Å². The molecular weight excluding hydrogens is 246 g/mol. The Morgan fingerprint density at radius 2 is 1.80 bits per heavy atom. The molecule has 20 heavy (non-hydrogen) atoms. The van der Waals surface area contributed by atoms with Gasteiger partial charge in [0, 0.05) is 18.2 Å². The largest absolute Gasteiger partial charge is 0.335 e. The van der Waals surface area contributed by atoms with Crippen LogP contribution in [0.5, 0.6) is 0 Å². The average Bonchev–Trinajstić information content (AvgIpc) is 2.84. The van der Waals surface area contributed by atoms with Crippen LogP contribution in [0, 0.1) is 24.7 Å². The Kier molecular flexibility index (Phi) is 4.52. The summed E-state index contributed by atoms with van der Waals surface area (Å²) in [5.41, 5.74) is 1.94. The predicted molar refractivity (Wildman–Crippen MR) is 83.8 cm³/mol. The zero-order chi connectivity index (χ0) is 14.9. The van der Waals surface area contributed by atoms with Crippen LogP contribution >= 0.6 is 0 Å². The minimum atomic E-state index is 0.213. The summed E-state index contributed by atoms with van der Waals surface area (Å²) in [4.78, 5) is 15.0. The van der Waals surface area contributed by atoms with Gasteiger partial charge in [-0.3, -0.25) is 4.79 Å². The number of hydrogen-bond acceptors (Lipinski definition) is 1. The van der Waals surface area contributed by atoms with Gasteiger partial charge >= 0.3 is 0 Å². The lowest BCUT2D eigenvalue weighted by Gasteiger charge is -2.28. The second-order valence-electron chi connectivity index (χ2n) is 6.82. The molecule has 1 aliphatic rings. The summed E-state index contributed by atoms with van der Waals surface area (Å²) in [7, 11) is 0. The van der Waals surface area contributed by atoms with Gasteiger partial charge in [0.15, 0.2) is 0 Å². The molecule has 1 amide bonds. The highest BCUT2D eigenvalue weighted by Crippen LogP contribution is 2.33. The number of carbonyl (C=O) groups excluding carboxylic acids is 1. The van der Waals surface area contributed by atoms with Gasteiger partial charge in [0.2, 0.25) is 0 Å². The molecule has 1 heterocycles. The zero-order valence-corrected chi connectivity index (χ0v) is 13.4. The molecule has 2 rings (SSSR count). The highest BCUT2D eigenvalue weighted by molar-refractivity contribution is 5.96. The molecule has 2 nitrogen and oxygen atoms in total. The van der Waals surface area contributed by atoms with Crippen LogP contribution < -0.4 is 0 Å². The lowest BCUT2D eigenvalue weighted by atomic mass is 9.90. The number of benzene rings is 1. The molecule has 0 saturated carbocycles. The third-order valence-corrected chi connectivity index (χ3v) is 4.72. The van der Waals surface area contributed by atoms with Crippen LogP contribution in [-0.4, -0.2) is 23.4 Å². The molecule has 0 spiro atoms. The molecule has 0 bridgehead atoms. The Balaban J connectivity index is 2.25. The number of carbonyl (C=O) groups is 1. The minimum absolute atomic E-state index is 0.213. The predicted octanol–water partition coefficient (Wildman–Crippen LogP) is 4.14. The van der Waals surface area contributed by atoms with Crippen molar-refractivity contribution in [2.75, 3.05) is 6.54 Å². The fraction of sp³-hybridized carbons (Fsp3) is 0.611. The lowest BCUT2D eigenvalue weighted by molar-refractivity contribution is 0.0696. The van der Waals surface area contributed by atoms with Gasteiger partial charge in [-0.05, 0) is 42.7 Å². The molecule has 2 atom stereocenters. The second kappa shape index (κ2) is 5.99. The van der Waals surface area contributed by atoms with Crippen LogP contribution in [0.15, 0.2) is 24.3 Å². The molecule has 1 aliphatic heterocycles. The van der Waals surface area contributed by atoms with Crippen molar-refractivity contribution < 1.29 is 4.79 Å². The Hall–Kier alpha value is -1.31. The Bertz CT molecular complexity index is 478. The second-order valence-corrected chi connectivity index (χ2v) is 6.82. The van der Waals surface area contributed by atoms with Crippen LogP contribution in [0.1, 0.15) is 50.0 Å². The fourth-order valence-corrected chi connectivity index (χ4v) is 3.22. The number of rotatable bonds is 3. The quantitative estimate of drug-likeness (QED) is 0.810. The van der Waals surface area contributed by atoms with E-state index in [0.29, 0.717) is 23.8 Å². The number of nitrogens with zero attached hydrogens (tertiary/aromatic N) is 1. The van der Waals surface area contributed by atoms with E-state index in [0.717, 1.165) is 24.1 Å². The highest BCUT2D eigenvalue weighted by Gasteiger charge is 2.38. The maximum atomic E-state index is 12.9. The van der Waals surface area contributed by atoms with Gasteiger partial charge in [0.1, 0.15) is 0 Å². The summed E-state index contributed by atoms with van der Waals surface area (Å²) in [6, 6.07) is 8.31. The number of aryl methyl sites for hydroxylation is 1. The number of hydrogen-bond donors (Lipinski definition) is 0. The average molecular weight is 273 g/mol. The minimum Gasteiger partial charge on any atom is -0.335 e. The van der Waals surface area contributed by atoms with Crippen molar-refractivity contribution >= 4 is 5.91 Å². The van der Waals surface area contributed by atoms with Gasteiger partial charge in [-0.1, -0.05) is 45.9 Å². The van der Waals surface area contributed by atoms with Crippen LogP contribution in [0.25, 0.3) is 0 Å². The molecule has 0 aliphatic carbocycles. The van der Waals surface area contributed by atoms with Crippen molar-refractivity contribution in [3.63, 3.8) is 0 Å². The normalized spacial score (nSPS) is 22.9. The fourth-order valence-electron chi connectivity index (χ4n) is 3.22. The van der Waals surface area contributed by atoms with Crippen LogP contribution in [-0.2, 0) is 0 Å². The van der Waals surface area contributed by atoms with E-state index in [1.54, 1.807) is 0 Å². The van der Waals surface area contributed by atoms with Gasteiger partial charge in [0.05, 0.1) is 0 Å². The molecule has 110 valence electrons. The van der Waals surface area contributed by atoms with Gasteiger partial charge < -0.3 is 4.90 Å². The van der Waals surface area contributed by atoms with E-state index in [-0.39, 0.29) is 5.91 Å². The molecular formula is C18H27NO. The third-order valence-electron chi connectivity index (χ3n) is 4.72.